The van der Waals surface area contributed by atoms with Crippen molar-refractivity contribution in [3.05, 3.63) is 72.8 Å². The van der Waals surface area contributed by atoms with Crippen LogP contribution in [0, 0.1) is 0 Å². The van der Waals surface area contributed by atoms with Crippen LogP contribution in [0.25, 0.3) is 21.5 Å². The molecule has 0 aromatic heterocycles. The summed E-state index contributed by atoms with van der Waals surface area (Å²) in [5.41, 5.74) is 7.56. The van der Waals surface area contributed by atoms with Crippen LogP contribution in [0.4, 0.5) is 17.1 Å². The molecule has 28 heavy (non-hydrogen) atoms. The Kier molecular flexibility index (Phi) is 5.83. The number of nitrogens with zero attached hydrogens (tertiary/aromatic N) is 2. The van der Waals surface area contributed by atoms with E-state index < -0.39 is 10.1 Å². The van der Waals surface area contributed by atoms with Gasteiger partial charge in [0.05, 0.1) is 16.3 Å². The molecule has 4 aromatic rings. The first-order chi connectivity index (χ1) is 12.9. The molecule has 0 spiro atoms. The summed E-state index contributed by atoms with van der Waals surface area (Å²) in [6, 6.07) is 21.0. The van der Waals surface area contributed by atoms with Crippen molar-refractivity contribution < 1.29 is 42.5 Å². The van der Waals surface area contributed by atoms with Gasteiger partial charge >= 0.3 is 29.6 Å². The number of hydrogen-bond donors (Lipinski definition) is 1. The van der Waals surface area contributed by atoms with Crippen LogP contribution in [0.2, 0.25) is 0 Å². The van der Waals surface area contributed by atoms with Crippen molar-refractivity contribution in [3.63, 3.8) is 0 Å². The minimum absolute atomic E-state index is 0. The van der Waals surface area contributed by atoms with Gasteiger partial charge in [0.25, 0.3) is 0 Å². The Balaban J connectivity index is 0.00000225. The van der Waals surface area contributed by atoms with Gasteiger partial charge in [0, 0.05) is 21.8 Å². The molecular formula is C20H14N3NaO3S. The quantitative estimate of drug-likeness (QED) is 0.246. The molecule has 0 fully saturated rings. The van der Waals surface area contributed by atoms with Gasteiger partial charge in [0.2, 0.25) is 0 Å². The van der Waals surface area contributed by atoms with E-state index in [9.17, 15) is 13.0 Å². The Bertz CT molecular complexity index is 1320. The van der Waals surface area contributed by atoms with Crippen LogP contribution >= 0.6 is 0 Å². The molecule has 0 aliphatic rings. The third-order valence-electron chi connectivity index (χ3n) is 4.32. The van der Waals surface area contributed by atoms with Gasteiger partial charge in [-0.25, -0.2) is 8.42 Å². The molecule has 8 heteroatoms. The Morgan fingerprint density at radius 3 is 2.18 bits per heavy atom. The zero-order chi connectivity index (χ0) is 19.0. The summed E-state index contributed by atoms with van der Waals surface area (Å²) in [5.74, 6) is 0. The Morgan fingerprint density at radius 2 is 1.43 bits per heavy atom. The topological polar surface area (TPSA) is 108 Å². The molecule has 4 aromatic carbocycles. The predicted octanol–water partition coefficient (Wildman–Crippen LogP) is 1.90. The molecule has 0 aliphatic carbocycles. The zero-order valence-corrected chi connectivity index (χ0v) is 17.8. The number of nitrogens with two attached hydrogens (primary N) is 1. The van der Waals surface area contributed by atoms with Gasteiger partial charge in [-0.2, -0.15) is 0 Å². The van der Waals surface area contributed by atoms with Crippen molar-refractivity contribution in [1.29, 1.82) is 0 Å². The SMILES string of the molecule is Nc1ccc(N=Nc2cccc3ccccc23)c2ccc(S(=O)(=O)[O-])cc12.[Na+]. The predicted molar refractivity (Wildman–Crippen MR) is 104 cm³/mol. The maximum absolute atomic E-state index is 11.3. The van der Waals surface area contributed by atoms with E-state index >= 15 is 0 Å². The van der Waals surface area contributed by atoms with Crippen LogP contribution in [-0.2, 0) is 10.1 Å². The van der Waals surface area contributed by atoms with Gasteiger partial charge < -0.3 is 10.3 Å². The number of azo groups is 1. The number of rotatable bonds is 3. The fourth-order valence-electron chi connectivity index (χ4n) is 2.98. The van der Waals surface area contributed by atoms with Crippen molar-refractivity contribution in [2.75, 3.05) is 5.73 Å². The zero-order valence-electron chi connectivity index (χ0n) is 15.0. The Morgan fingerprint density at radius 1 is 0.750 bits per heavy atom. The average molecular weight is 399 g/mol. The van der Waals surface area contributed by atoms with Crippen molar-refractivity contribution in [2.45, 2.75) is 4.90 Å². The number of nitrogen functional groups attached to an aromatic ring is 1. The second-order valence-electron chi connectivity index (χ2n) is 6.03. The van der Waals surface area contributed by atoms with E-state index in [4.69, 9.17) is 5.73 Å². The summed E-state index contributed by atoms with van der Waals surface area (Å²) in [4.78, 5) is -0.329. The molecule has 0 heterocycles. The van der Waals surface area contributed by atoms with Gasteiger partial charge in [-0.1, -0.05) is 42.5 Å². The van der Waals surface area contributed by atoms with Crippen molar-refractivity contribution in [3.8, 4) is 0 Å². The average Bonchev–Trinajstić information content (AvgIpc) is 2.66. The maximum Gasteiger partial charge on any atom is 1.00 e. The van der Waals surface area contributed by atoms with Crippen LogP contribution in [0.1, 0.15) is 0 Å². The summed E-state index contributed by atoms with van der Waals surface area (Å²) in [6.07, 6.45) is 0. The second kappa shape index (κ2) is 7.98. The molecule has 0 aliphatic heterocycles. The van der Waals surface area contributed by atoms with Crippen molar-refractivity contribution in [2.24, 2.45) is 10.2 Å². The van der Waals surface area contributed by atoms with Crippen LogP contribution in [0.3, 0.4) is 0 Å². The van der Waals surface area contributed by atoms with E-state index in [1.165, 1.54) is 18.2 Å². The maximum atomic E-state index is 11.3. The van der Waals surface area contributed by atoms with Crippen LogP contribution < -0.4 is 35.3 Å². The Hall–Kier alpha value is -2.29. The first-order valence-electron chi connectivity index (χ1n) is 8.11. The molecule has 0 bridgehead atoms. The number of hydrogen-bond acceptors (Lipinski definition) is 6. The molecule has 134 valence electrons. The number of anilines is 1. The van der Waals surface area contributed by atoms with E-state index in [2.05, 4.69) is 10.2 Å². The van der Waals surface area contributed by atoms with E-state index in [0.29, 0.717) is 22.1 Å². The molecule has 0 atom stereocenters. The molecule has 0 radical (unpaired) electrons. The van der Waals surface area contributed by atoms with Crippen molar-refractivity contribution in [1.82, 2.24) is 0 Å². The first-order valence-corrected chi connectivity index (χ1v) is 9.52. The molecule has 2 N–H and O–H groups in total. The first kappa shape index (κ1) is 20.4. The van der Waals surface area contributed by atoms with Crippen molar-refractivity contribution >= 4 is 48.7 Å². The smallest absolute Gasteiger partial charge is 0.744 e. The standard InChI is InChI=1S/C20H15N3O3S.Na/c21-18-10-11-20(16-9-8-14(12-17(16)18)27(24,25)26)23-22-19-7-3-5-13-4-1-2-6-15(13)19;/h1-12H,21H2,(H,24,25,26);/q;+1/p-1. The van der Waals surface area contributed by atoms with E-state index in [1.807, 2.05) is 42.5 Å². The minimum Gasteiger partial charge on any atom is -0.744 e. The third-order valence-corrected chi connectivity index (χ3v) is 5.15. The largest absolute Gasteiger partial charge is 1.00 e. The van der Waals surface area contributed by atoms with Crippen LogP contribution in [0.5, 0.6) is 0 Å². The molecule has 0 amide bonds. The van der Waals surface area contributed by atoms with Gasteiger partial charge in [0.1, 0.15) is 10.1 Å². The fraction of sp³-hybridized carbons (Fsp3) is 0. The molecular weight excluding hydrogens is 385 g/mol. The summed E-state index contributed by atoms with van der Waals surface area (Å²) >= 11 is 0. The fourth-order valence-corrected chi connectivity index (χ4v) is 3.48. The van der Waals surface area contributed by atoms with Gasteiger partial charge in [-0.05, 0) is 35.7 Å². The minimum atomic E-state index is -4.56. The van der Waals surface area contributed by atoms with Gasteiger partial charge in [-0.15, -0.1) is 10.2 Å². The summed E-state index contributed by atoms with van der Waals surface area (Å²) in [6.45, 7) is 0. The normalized spacial score (nSPS) is 11.8. The molecule has 4 rings (SSSR count). The molecule has 0 saturated heterocycles. The second-order valence-corrected chi connectivity index (χ2v) is 7.41. The third kappa shape index (κ3) is 3.94. The summed E-state index contributed by atoms with van der Waals surface area (Å²) in [7, 11) is -4.56. The monoisotopic (exact) mass is 399 g/mol. The number of benzene rings is 4. The van der Waals surface area contributed by atoms with Crippen LogP contribution in [-0.4, -0.2) is 13.0 Å². The van der Waals surface area contributed by atoms with E-state index in [0.717, 1.165) is 16.5 Å². The Labute approximate surface area is 184 Å². The van der Waals surface area contributed by atoms with E-state index in [1.54, 1.807) is 12.1 Å². The van der Waals surface area contributed by atoms with Gasteiger partial charge in [-0.3, -0.25) is 0 Å². The summed E-state index contributed by atoms with van der Waals surface area (Å²) in [5, 5.41) is 11.8. The molecule has 6 nitrogen and oxygen atoms in total. The number of fused-ring (bicyclic) bond motifs is 2. The molecule has 0 saturated carbocycles. The summed E-state index contributed by atoms with van der Waals surface area (Å²) < 4.78 is 33.8. The van der Waals surface area contributed by atoms with E-state index in [-0.39, 0.29) is 34.5 Å². The van der Waals surface area contributed by atoms with Gasteiger partial charge in [0.15, 0.2) is 0 Å². The van der Waals surface area contributed by atoms with Crippen LogP contribution in [0.15, 0.2) is 87.9 Å². The molecule has 0 unspecified atom stereocenters.